The van der Waals surface area contributed by atoms with Gasteiger partial charge in [0, 0.05) is 30.4 Å². The Morgan fingerprint density at radius 1 is 1.21 bits per heavy atom. The first-order valence-corrected chi connectivity index (χ1v) is 7.59. The molecule has 2 heterocycles. The van der Waals surface area contributed by atoms with Gasteiger partial charge >= 0.3 is 5.97 Å². The highest BCUT2D eigenvalue weighted by molar-refractivity contribution is 5.99. The molecule has 0 spiro atoms. The van der Waals surface area contributed by atoms with Gasteiger partial charge in [-0.1, -0.05) is 41.6 Å². The fourth-order valence-corrected chi connectivity index (χ4v) is 2.48. The van der Waals surface area contributed by atoms with E-state index < -0.39 is 5.97 Å². The smallest absolute Gasteiger partial charge is 0.343 e. The van der Waals surface area contributed by atoms with Gasteiger partial charge in [0.05, 0.1) is 0 Å². The van der Waals surface area contributed by atoms with Crippen LogP contribution in [0.25, 0.3) is 11.3 Å². The van der Waals surface area contributed by atoms with Crippen LogP contribution in [0.1, 0.15) is 21.6 Å². The summed E-state index contributed by atoms with van der Waals surface area (Å²) in [6.45, 7) is 2.51. The summed E-state index contributed by atoms with van der Waals surface area (Å²) in [5.41, 5.74) is 2.78. The largest absolute Gasteiger partial charge is 0.477 e. The lowest BCUT2D eigenvalue weighted by Crippen LogP contribution is -2.10. The van der Waals surface area contributed by atoms with Crippen molar-refractivity contribution in [3.63, 3.8) is 0 Å². The quantitative estimate of drug-likeness (QED) is 0.723. The lowest BCUT2D eigenvalue weighted by molar-refractivity contribution is 0.0698. The molecule has 3 aromatic rings. The Morgan fingerprint density at radius 2 is 2.00 bits per heavy atom. The Kier molecular flexibility index (Phi) is 4.56. The van der Waals surface area contributed by atoms with Crippen molar-refractivity contribution >= 4 is 11.8 Å². The molecule has 0 amide bonds. The zero-order valence-corrected chi connectivity index (χ0v) is 13.2. The van der Waals surface area contributed by atoms with Crippen molar-refractivity contribution in [2.24, 2.45) is 0 Å². The normalized spacial score (nSPS) is 10.5. The van der Waals surface area contributed by atoms with Crippen molar-refractivity contribution in [2.75, 3.05) is 11.9 Å². The van der Waals surface area contributed by atoms with Gasteiger partial charge in [-0.25, -0.2) is 4.79 Å². The highest BCUT2D eigenvalue weighted by Gasteiger charge is 2.23. The standard InChI is InChI=1S/C18H17N3O3/c1-12-6-5-10-19-14(12)9-11-20-17-15(18(22)23)16(24-21-17)13-7-3-2-4-8-13/h2-8,10H,9,11H2,1H3,(H,20,21)(H,22,23). The molecule has 3 rings (SSSR count). The number of aryl methyl sites for hydroxylation is 1. The third kappa shape index (κ3) is 3.27. The molecule has 0 radical (unpaired) electrons. The summed E-state index contributed by atoms with van der Waals surface area (Å²) < 4.78 is 5.26. The zero-order chi connectivity index (χ0) is 16.9. The number of hydrogen-bond acceptors (Lipinski definition) is 5. The van der Waals surface area contributed by atoms with E-state index in [2.05, 4.69) is 15.5 Å². The van der Waals surface area contributed by atoms with Crippen molar-refractivity contribution in [3.05, 3.63) is 65.5 Å². The van der Waals surface area contributed by atoms with Gasteiger partial charge in [-0.15, -0.1) is 0 Å². The van der Waals surface area contributed by atoms with E-state index in [1.54, 1.807) is 18.3 Å². The van der Waals surface area contributed by atoms with Gasteiger partial charge in [-0.05, 0) is 18.6 Å². The van der Waals surface area contributed by atoms with E-state index in [9.17, 15) is 9.90 Å². The Morgan fingerprint density at radius 3 is 2.71 bits per heavy atom. The summed E-state index contributed by atoms with van der Waals surface area (Å²) in [7, 11) is 0. The average Bonchev–Trinajstić information content (AvgIpc) is 3.01. The van der Waals surface area contributed by atoms with Crippen LogP contribution in [0.5, 0.6) is 0 Å². The van der Waals surface area contributed by atoms with Crippen LogP contribution < -0.4 is 5.32 Å². The van der Waals surface area contributed by atoms with E-state index in [-0.39, 0.29) is 17.1 Å². The number of aromatic carboxylic acids is 1. The lowest BCUT2D eigenvalue weighted by atomic mass is 10.1. The number of carbonyl (C=O) groups is 1. The number of nitrogens with one attached hydrogen (secondary N) is 1. The monoisotopic (exact) mass is 323 g/mol. The van der Waals surface area contributed by atoms with Crippen LogP contribution in [-0.4, -0.2) is 27.8 Å². The van der Waals surface area contributed by atoms with Crippen LogP contribution in [-0.2, 0) is 6.42 Å². The first-order chi connectivity index (χ1) is 11.7. The number of hydrogen-bond donors (Lipinski definition) is 2. The molecular formula is C18H17N3O3. The van der Waals surface area contributed by atoms with Crippen LogP contribution in [0.3, 0.4) is 0 Å². The molecule has 0 aliphatic carbocycles. The van der Waals surface area contributed by atoms with Crippen LogP contribution in [0.15, 0.2) is 53.2 Å². The molecular weight excluding hydrogens is 306 g/mol. The van der Waals surface area contributed by atoms with Crippen molar-refractivity contribution < 1.29 is 14.4 Å². The Hall–Kier alpha value is -3.15. The first-order valence-electron chi connectivity index (χ1n) is 7.59. The summed E-state index contributed by atoms with van der Waals surface area (Å²) in [6, 6.07) is 12.9. The Balaban J connectivity index is 1.78. The van der Waals surface area contributed by atoms with Crippen molar-refractivity contribution in [1.29, 1.82) is 0 Å². The van der Waals surface area contributed by atoms with E-state index in [0.29, 0.717) is 18.5 Å². The van der Waals surface area contributed by atoms with Gasteiger partial charge in [-0.2, -0.15) is 0 Å². The van der Waals surface area contributed by atoms with Gasteiger partial charge < -0.3 is 14.9 Å². The molecule has 2 N–H and O–H groups in total. The third-order valence-electron chi connectivity index (χ3n) is 3.71. The second-order valence-corrected chi connectivity index (χ2v) is 5.35. The predicted molar refractivity (Wildman–Crippen MR) is 90.1 cm³/mol. The van der Waals surface area contributed by atoms with Crippen molar-refractivity contribution in [2.45, 2.75) is 13.3 Å². The summed E-state index contributed by atoms with van der Waals surface area (Å²) >= 11 is 0. The molecule has 1 aromatic carbocycles. The summed E-state index contributed by atoms with van der Waals surface area (Å²) in [5, 5.41) is 16.4. The van der Waals surface area contributed by atoms with Gasteiger partial charge in [0.25, 0.3) is 0 Å². The van der Waals surface area contributed by atoms with Crippen LogP contribution >= 0.6 is 0 Å². The van der Waals surface area contributed by atoms with Crippen molar-refractivity contribution in [1.82, 2.24) is 10.1 Å². The number of nitrogens with zero attached hydrogens (tertiary/aromatic N) is 2. The van der Waals surface area contributed by atoms with E-state index in [4.69, 9.17) is 4.52 Å². The van der Waals surface area contributed by atoms with Gasteiger partial charge in [0.1, 0.15) is 0 Å². The van der Waals surface area contributed by atoms with Gasteiger partial charge in [0.2, 0.25) is 0 Å². The molecule has 0 unspecified atom stereocenters. The minimum atomic E-state index is -1.08. The molecule has 6 nitrogen and oxygen atoms in total. The number of anilines is 1. The number of benzene rings is 1. The third-order valence-corrected chi connectivity index (χ3v) is 3.71. The number of carboxylic acids is 1. The van der Waals surface area contributed by atoms with Crippen LogP contribution in [0, 0.1) is 6.92 Å². The summed E-state index contributed by atoms with van der Waals surface area (Å²) in [6.07, 6.45) is 2.41. The maximum absolute atomic E-state index is 11.6. The van der Waals surface area contributed by atoms with Crippen LogP contribution in [0.2, 0.25) is 0 Å². The number of aromatic nitrogens is 2. The lowest BCUT2D eigenvalue weighted by Gasteiger charge is -2.06. The average molecular weight is 323 g/mol. The minimum Gasteiger partial charge on any atom is -0.477 e. The minimum absolute atomic E-state index is 0.0407. The fraction of sp³-hybridized carbons (Fsp3) is 0.167. The Bertz CT molecular complexity index is 844. The van der Waals surface area contributed by atoms with Gasteiger partial charge in [0.15, 0.2) is 17.1 Å². The number of carboxylic acid groups (broad SMARTS) is 1. The molecule has 0 atom stereocenters. The molecule has 24 heavy (non-hydrogen) atoms. The zero-order valence-electron chi connectivity index (χ0n) is 13.2. The molecule has 0 aliphatic rings. The molecule has 2 aromatic heterocycles. The number of rotatable bonds is 6. The molecule has 0 saturated carbocycles. The van der Waals surface area contributed by atoms with E-state index >= 15 is 0 Å². The highest BCUT2D eigenvalue weighted by atomic mass is 16.5. The topological polar surface area (TPSA) is 88.3 Å². The first kappa shape index (κ1) is 15.7. The van der Waals surface area contributed by atoms with Crippen LogP contribution in [0.4, 0.5) is 5.82 Å². The van der Waals surface area contributed by atoms with Crippen molar-refractivity contribution in [3.8, 4) is 11.3 Å². The Labute approximate surface area is 139 Å². The SMILES string of the molecule is Cc1cccnc1CCNc1noc(-c2ccccc2)c1C(=O)O. The number of pyridine rings is 1. The van der Waals surface area contributed by atoms with E-state index in [1.807, 2.05) is 37.3 Å². The van der Waals surface area contributed by atoms with E-state index in [1.165, 1.54) is 0 Å². The molecule has 0 saturated heterocycles. The maximum atomic E-state index is 11.6. The fourth-order valence-electron chi connectivity index (χ4n) is 2.48. The summed E-state index contributed by atoms with van der Waals surface area (Å²) in [5.74, 6) is -0.596. The maximum Gasteiger partial charge on any atom is 0.343 e. The van der Waals surface area contributed by atoms with Gasteiger partial charge in [-0.3, -0.25) is 4.98 Å². The molecule has 0 bridgehead atoms. The second-order valence-electron chi connectivity index (χ2n) is 5.35. The second kappa shape index (κ2) is 6.95. The molecule has 122 valence electrons. The highest BCUT2D eigenvalue weighted by Crippen LogP contribution is 2.29. The molecule has 0 fully saturated rings. The molecule has 6 heteroatoms. The predicted octanol–water partition coefficient (Wildman–Crippen LogP) is 3.40. The molecule has 0 aliphatic heterocycles. The van der Waals surface area contributed by atoms with E-state index in [0.717, 1.165) is 11.3 Å². The summed E-state index contributed by atoms with van der Waals surface area (Å²) in [4.78, 5) is 15.9.